The lowest BCUT2D eigenvalue weighted by atomic mass is 9.95. The minimum atomic E-state index is 0.0167. The van der Waals surface area contributed by atoms with Gasteiger partial charge in [0.25, 0.3) is 0 Å². The maximum absolute atomic E-state index is 11.9. The van der Waals surface area contributed by atoms with Gasteiger partial charge in [0.1, 0.15) is 6.54 Å². The maximum Gasteiger partial charge on any atom is 0.243 e. The number of carbonyl (C=O) groups is 1. The second kappa shape index (κ2) is 11.7. The van der Waals surface area contributed by atoms with Crippen molar-refractivity contribution in [3.63, 3.8) is 0 Å². The quantitative estimate of drug-likeness (QED) is 0.521. The van der Waals surface area contributed by atoms with Gasteiger partial charge in [0.2, 0.25) is 5.91 Å². The summed E-state index contributed by atoms with van der Waals surface area (Å²) in [6.45, 7) is 4.01. The number of nitrogens with one attached hydrogen (secondary N) is 2. The lowest BCUT2D eigenvalue weighted by molar-refractivity contribution is -0.127. The van der Waals surface area contributed by atoms with Crippen molar-refractivity contribution >= 4 is 23.6 Å². The van der Waals surface area contributed by atoms with Gasteiger partial charge in [-0.1, -0.05) is 13.3 Å². The van der Waals surface area contributed by atoms with E-state index < -0.39 is 0 Å². The highest BCUT2D eigenvalue weighted by Crippen LogP contribution is 2.28. The van der Waals surface area contributed by atoms with E-state index in [4.69, 9.17) is 4.74 Å². The molecule has 0 aromatic carbocycles. The van der Waals surface area contributed by atoms with Crippen LogP contribution in [-0.4, -0.2) is 73.7 Å². The fourth-order valence-corrected chi connectivity index (χ4v) is 4.65. The Balaban J connectivity index is 1.90. The summed E-state index contributed by atoms with van der Waals surface area (Å²) in [5, 5.41) is 7.73. The molecule has 0 spiro atoms. The Morgan fingerprint density at radius 1 is 1.23 bits per heavy atom. The molecule has 1 saturated heterocycles. The normalized spacial score (nSPS) is 27.0. The molecular formula is C19H36N4O2S. The zero-order valence-corrected chi connectivity index (χ0v) is 17.4. The Kier molecular flexibility index (Phi) is 9.61. The summed E-state index contributed by atoms with van der Waals surface area (Å²) in [5.41, 5.74) is 0. The molecule has 1 saturated carbocycles. The Morgan fingerprint density at radius 3 is 2.77 bits per heavy atom. The molecule has 3 unspecified atom stereocenters. The molecule has 1 aliphatic carbocycles. The number of amides is 1. The molecule has 1 amide bonds. The van der Waals surface area contributed by atoms with Crippen molar-refractivity contribution in [1.29, 1.82) is 0 Å². The molecule has 0 radical (unpaired) electrons. The molecule has 150 valence electrons. The van der Waals surface area contributed by atoms with Crippen molar-refractivity contribution in [2.24, 2.45) is 4.99 Å². The third-order valence-electron chi connectivity index (χ3n) is 5.01. The predicted molar refractivity (Wildman–Crippen MR) is 110 cm³/mol. The summed E-state index contributed by atoms with van der Waals surface area (Å²) < 4.78 is 5.81. The van der Waals surface area contributed by atoms with Crippen molar-refractivity contribution < 1.29 is 9.53 Å². The first-order valence-corrected chi connectivity index (χ1v) is 11.1. The van der Waals surface area contributed by atoms with Gasteiger partial charge < -0.3 is 20.3 Å². The van der Waals surface area contributed by atoms with Gasteiger partial charge in [-0.05, 0) is 44.3 Å². The lowest BCUT2D eigenvalue weighted by Crippen LogP contribution is -2.48. The minimum Gasteiger partial charge on any atom is -0.376 e. The first kappa shape index (κ1) is 21.4. The second-order valence-corrected chi connectivity index (χ2v) is 8.99. The van der Waals surface area contributed by atoms with Gasteiger partial charge in [0.15, 0.2) is 5.96 Å². The maximum atomic E-state index is 11.9. The third-order valence-corrected chi connectivity index (χ3v) is 6.24. The number of thioether (sulfide) groups is 1. The highest BCUT2D eigenvalue weighted by atomic mass is 32.2. The zero-order chi connectivity index (χ0) is 18.8. The summed E-state index contributed by atoms with van der Waals surface area (Å²) >= 11 is 2.06. The van der Waals surface area contributed by atoms with Crippen LogP contribution in [0.15, 0.2) is 4.99 Å². The van der Waals surface area contributed by atoms with Gasteiger partial charge >= 0.3 is 0 Å². The van der Waals surface area contributed by atoms with Crippen molar-refractivity contribution in [3.05, 3.63) is 0 Å². The largest absolute Gasteiger partial charge is 0.376 e. The van der Waals surface area contributed by atoms with Crippen LogP contribution in [0.1, 0.15) is 51.9 Å². The van der Waals surface area contributed by atoms with E-state index in [2.05, 4.69) is 34.3 Å². The van der Waals surface area contributed by atoms with Crippen molar-refractivity contribution in [2.75, 3.05) is 39.5 Å². The van der Waals surface area contributed by atoms with E-state index in [1.807, 2.05) is 0 Å². The van der Waals surface area contributed by atoms with Crippen molar-refractivity contribution in [1.82, 2.24) is 15.5 Å². The van der Waals surface area contributed by atoms with Gasteiger partial charge in [-0.2, -0.15) is 11.8 Å². The van der Waals surface area contributed by atoms with Gasteiger partial charge in [0.05, 0.1) is 6.10 Å². The van der Waals surface area contributed by atoms with E-state index in [0.29, 0.717) is 6.04 Å². The number of nitrogens with zero attached hydrogens (tertiary/aromatic N) is 2. The van der Waals surface area contributed by atoms with E-state index in [1.165, 1.54) is 37.9 Å². The Labute approximate surface area is 162 Å². The van der Waals surface area contributed by atoms with E-state index in [-0.39, 0.29) is 18.6 Å². The smallest absolute Gasteiger partial charge is 0.243 e. The van der Waals surface area contributed by atoms with Crippen LogP contribution in [0.25, 0.3) is 0 Å². The van der Waals surface area contributed by atoms with Gasteiger partial charge in [-0.15, -0.1) is 0 Å². The monoisotopic (exact) mass is 384 g/mol. The molecule has 2 aliphatic rings. The van der Waals surface area contributed by atoms with E-state index in [1.54, 1.807) is 19.0 Å². The van der Waals surface area contributed by atoms with Crippen LogP contribution in [0.3, 0.4) is 0 Å². The van der Waals surface area contributed by atoms with E-state index >= 15 is 0 Å². The molecule has 2 fully saturated rings. The number of hydrogen-bond acceptors (Lipinski definition) is 4. The second-order valence-electron chi connectivity index (χ2n) is 7.41. The number of rotatable bonds is 7. The standard InChI is InChI=1S/C19H36N4O2S/c1-4-26-17-10-7-8-15(12-17)22-19(21-14-18(24)23(2)3)20-13-16-9-5-6-11-25-16/h15-17H,4-14H2,1-3H3,(H2,20,21,22). The lowest BCUT2D eigenvalue weighted by Gasteiger charge is -2.31. The summed E-state index contributed by atoms with van der Waals surface area (Å²) in [6, 6.07) is 0.431. The summed E-state index contributed by atoms with van der Waals surface area (Å²) in [5.74, 6) is 1.94. The molecule has 3 atom stereocenters. The fraction of sp³-hybridized carbons (Fsp3) is 0.895. The average Bonchev–Trinajstić information content (AvgIpc) is 2.65. The molecule has 26 heavy (non-hydrogen) atoms. The minimum absolute atomic E-state index is 0.0167. The predicted octanol–water partition coefficient (Wildman–Crippen LogP) is 2.24. The fourth-order valence-electron chi connectivity index (χ4n) is 3.48. The number of carbonyl (C=O) groups excluding carboxylic acids is 1. The number of ether oxygens (including phenoxy) is 1. The summed E-state index contributed by atoms with van der Waals surface area (Å²) in [7, 11) is 3.53. The van der Waals surface area contributed by atoms with Crippen LogP contribution in [0.2, 0.25) is 0 Å². The van der Waals surface area contributed by atoms with E-state index in [0.717, 1.165) is 37.2 Å². The molecule has 0 aromatic heterocycles. The molecule has 1 heterocycles. The first-order valence-electron chi connectivity index (χ1n) is 10.1. The number of guanidine groups is 1. The highest BCUT2D eigenvalue weighted by Gasteiger charge is 2.23. The zero-order valence-electron chi connectivity index (χ0n) is 16.6. The summed E-state index contributed by atoms with van der Waals surface area (Å²) in [6.07, 6.45) is 8.63. The topological polar surface area (TPSA) is 66.0 Å². The molecule has 2 rings (SSSR count). The van der Waals surface area contributed by atoms with Gasteiger partial charge in [0, 0.05) is 38.5 Å². The SMILES string of the molecule is CCSC1CCCC(NC(=NCC(=O)N(C)C)NCC2CCCCO2)C1. The molecule has 2 N–H and O–H groups in total. The van der Waals surface area contributed by atoms with Crippen LogP contribution < -0.4 is 10.6 Å². The van der Waals surface area contributed by atoms with Crippen LogP contribution in [0, 0.1) is 0 Å². The molecule has 1 aliphatic heterocycles. The number of aliphatic imine (C=N–C) groups is 1. The molecule has 6 nitrogen and oxygen atoms in total. The Morgan fingerprint density at radius 2 is 2.08 bits per heavy atom. The van der Waals surface area contributed by atoms with Crippen molar-refractivity contribution in [2.45, 2.75) is 69.3 Å². The Hall–Kier alpha value is -0.950. The van der Waals surface area contributed by atoms with Crippen LogP contribution >= 0.6 is 11.8 Å². The molecule has 0 bridgehead atoms. The van der Waals surface area contributed by atoms with Crippen LogP contribution in [0.5, 0.6) is 0 Å². The van der Waals surface area contributed by atoms with Gasteiger partial charge in [-0.3, -0.25) is 4.79 Å². The van der Waals surface area contributed by atoms with Crippen molar-refractivity contribution in [3.8, 4) is 0 Å². The van der Waals surface area contributed by atoms with Crippen LogP contribution in [0.4, 0.5) is 0 Å². The molecule has 7 heteroatoms. The highest BCUT2D eigenvalue weighted by molar-refractivity contribution is 7.99. The van der Waals surface area contributed by atoms with Crippen LogP contribution in [-0.2, 0) is 9.53 Å². The first-order chi connectivity index (χ1) is 12.6. The third kappa shape index (κ3) is 7.74. The van der Waals surface area contributed by atoms with Gasteiger partial charge in [-0.25, -0.2) is 4.99 Å². The number of hydrogen-bond donors (Lipinski definition) is 2. The molecular weight excluding hydrogens is 348 g/mol. The number of likely N-dealkylation sites (N-methyl/N-ethyl adjacent to an activating group) is 1. The van der Waals surface area contributed by atoms with E-state index in [9.17, 15) is 4.79 Å². The summed E-state index contributed by atoms with van der Waals surface area (Å²) in [4.78, 5) is 18.0. The Bertz CT molecular complexity index is 451. The average molecular weight is 385 g/mol. The molecule has 0 aromatic rings.